The van der Waals surface area contributed by atoms with Gasteiger partial charge in [-0.2, -0.15) is 13.9 Å². The molecule has 0 radical (unpaired) electrons. The van der Waals surface area contributed by atoms with Gasteiger partial charge in [0.1, 0.15) is 5.75 Å². The third-order valence-corrected chi connectivity index (χ3v) is 4.94. The molecular formula is C17H16F2N2O2S. The van der Waals surface area contributed by atoms with Crippen LogP contribution in [0.4, 0.5) is 8.78 Å². The minimum Gasteiger partial charge on any atom is -0.435 e. The number of rotatable bonds is 5. The number of halogens is 2. The fraction of sp³-hybridized carbons (Fsp3) is 0.294. The zero-order valence-electron chi connectivity index (χ0n) is 12.8. The first-order valence-electron chi connectivity index (χ1n) is 7.61. The Labute approximate surface area is 142 Å². The Balaban J connectivity index is 1.57. The Hall–Kier alpha value is -2.28. The molecular weight excluding hydrogens is 334 g/mol. The van der Waals surface area contributed by atoms with E-state index in [4.69, 9.17) is 0 Å². The molecule has 24 heavy (non-hydrogen) atoms. The van der Waals surface area contributed by atoms with E-state index in [-0.39, 0.29) is 11.7 Å². The quantitative estimate of drug-likeness (QED) is 0.655. The topological polar surface area (TPSA) is 50.7 Å². The van der Waals surface area contributed by atoms with Crippen molar-refractivity contribution < 1.29 is 18.3 Å². The smallest absolute Gasteiger partial charge is 0.387 e. The summed E-state index contributed by atoms with van der Waals surface area (Å²) in [5.41, 5.74) is 4.44. The second-order valence-electron chi connectivity index (χ2n) is 5.41. The van der Waals surface area contributed by atoms with Crippen molar-refractivity contribution in [1.82, 2.24) is 5.43 Å². The van der Waals surface area contributed by atoms with Crippen LogP contribution in [-0.4, -0.2) is 18.7 Å². The van der Waals surface area contributed by atoms with Crippen LogP contribution in [0, 0.1) is 0 Å². The Morgan fingerprint density at radius 2 is 2.00 bits per heavy atom. The van der Waals surface area contributed by atoms with Gasteiger partial charge in [-0.3, -0.25) is 4.79 Å². The van der Waals surface area contributed by atoms with Crippen molar-refractivity contribution in [3.05, 3.63) is 51.2 Å². The third kappa shape index (κ3) is 4.17. The molecule has 1 N–H and O–H groups in total. The standard InChI is InChI=1S/C17H16F2N2O2S/c18-17(19)23-13-7-5-11(6-8-13)10-20-21-16(22)15-9-12-3-1-2-4-14(12)24-15/h5-10,17H,1-4H2,(H,21,22). The van der Waals surface area contributed by atoms with Gasteiger partial charge in [0.05, 0.1) is 11.1 Å². The van der Waals surface area contributed by atoms with E-state index in [0.717, 1.165) is 12.8 Å². The SMILES string of the molecule is O=C(NN=Cc1ccc(OC(F)F)cc1)c1cc2c(s1)CCCC2. The number of nitrogens with zero attached hydrogens (tertiary/aromatic N) is 1. The summed E-state index contributed by atoms with van der Waals surface area (Å²) >= 11 is 1.52. The minimum absolute atomic E-state index is 0.0790. The van der Waals surface area contributed by atoms with Gasteiger partial charge in [0.15, 0.2) is 0 Å². The number of ether oxygens (including phenoxy) is 1. The molecule has 0 unspecified atom stereocenters. The van der Waals surface area contributed by atoms with Gasteiger partial charge < -0.3 is 4.74 Å². The van der Waals surface area contributed by atoms with Gasteiger partial charge >= 0.3 is 6.61 Å². The summed E-state index contributed by atoms with van der Waals surface area (Å²) in [4.78, 5) is 14.1. The Kier molecular flexibility index (Phi) is 5.20. The number of carbonyl (C=O) groups excluding carboxylic acids is 1. The fourth-order valence-electron chi connectivity index (χ4n) is 2.56. The highest BCUT2D eigenvalue weighted by atomic mass is 32.1. The molecule has 0 fully saturated rings. The van der Waals surface area contributed by atoms with Crippen molar-refractivity contribution in [2.24, 2.45) is 5.10 Å². The van der Waals surface area contributed by atoms with Crippen molar-refractivity contribution in [3.8, 4) is 5.75 Å². The van der Waals surface area contributed by atoms with Crippen molar-refractivity contribution in [3.63, 3.8) is 0 Å². The lowest BCUT2D eigenvalue weighted by Gasteiger charge is -2.08. The molecule has 0 aliphatic heterocycles. The van der Waals surface area contributed by atoms with Crippen molar-refractivity contribution in [2.45, 2.75) is 32.3 Å². The molecule has 3 rings (SSSR count). The molecule has 1 heterocycles. The average molecular weight is 350 g/mol. The van der Waals surface area contributed by atoms with Crippen LogP contribution in [0.25, 0.3) is 0 Å². The zero-order chi connectivity index (χ0) is 16.9. The molecule has 0 spiro atoms. The summed E-state index contributed by atoms with van der Waals surface area (Å²) < 4.78 is 28.4. The molecule has 1 amide bonds. The predicted octanol–water partition coefficient (Wildman–Crippen LogP) is 3.99. The third-order valence-electron chi connectivity index (χ3n) is 3.71. The van der Waals surface area contributed by atoms with E-state index in [0.29, 0.717) is 10.4 Å². The molecule has 1 aliphatic carbocycles. The monoisotopic (exact) mass is 350 g/mol. The Morgan fingerprint density at radius 3 is 2.71 bits per heavy atom. The van der Waals surface area contributed by atoms with E-state index in [9.17, 15) is 13.6 Å². The van der Waals surface area contributed by atoms with Crippen LogP contribution in [0.3, 0.4) is 0 Å². The van der Waals surface area contributed by atoms with E-state index in [1.54, 1.807) is 12.1 Å². The van der Waals surface area contributed by atoms with Gasteiger partial charge in [0.25, 0.3) is 5.91 Å². The first-order valence-corrected chi connectivity index (χ1v) is 8.43. The molecule has 1 aromatic heterocycles. The summed E-state index contributed by atoms with van der Waals surface area (Å²) in [6, 6.07) is 7.94. The molecule has 2 aromatic rings. The number of carbonyl (C=O) groups is 1. The van der Waals surface area contributed by atoms with Crippen LogP contribution in [0.5, 0.6) is 5.75 Å². The van der Waals surface area contributed by atoms with Crippen molar-refractivity contribution in [1.29, 1.82) is 0 Å². The largest absolute Gasteiger partial charge is 0.435 e. The summed E-state index contributed by atoms with van der Waals surface area (Å²) in [5.74, 6) is -0.154. The minimum atomic E-state index is -2.85. The fourth-order valence-corrected chi connectivity index (χ4v) is 3.70. The molecule has 1 aliphatic rings. The van der Waals surface area contributed by atoms with E-state index in [1.807, 2.05) is 6.07 Å². The second-order valence-corrected chi connectivity index (χ2v) is 6.55. The Morgan fingerprint density at radius 1 is 1.25 bits per heavy atom. The van der Waals surface area contributed by atoms with Gasteiger partial charge in [-0.25, -0.2) is 5.43 Å². The summed E-state index contributed by atoms with van der Waals surface area (Å²) in [6.45, 7) is -2.85. The summed E-state index contributed by atoms with van der Waals surface area (Å²) in [5, 5.41) is 3.91. The Bertz CT molecular complexity index is 718. The number of amides is 1. The number of thiophene rings is 1. The molecule has 1 aromatic carbocycles. The number of nitrogens with one attached hydrogen (secondary N) is 1. The van der Waals surface area contributed by atoms with Gasteiger partial charge in [-0.1, -0.05) is 0 Å². The maximum absolute atomic E-state index is 12.1. The zero-order valence-corrected chi connectivity index (χ0v) is 13.6. The van der Waals surface area contributed by atoms with Crippen molar-refractivity contribution >= 4 is 23.5 Å². The lowest BCUT2D eigenvalue weighted by molar-refractivity contribution is -0.0498. The van der Waals surface area contributed by atoms with Crippen LogP contribution >= 0.6 is 11.3 Å². The highest BCUT2D eigenvalue weighted by molar-refractivity contribution is 7.14. The maximum atomic E-state index is 12.1. The van der Waals surface area contributed by atoms with Gasteiger partial charge in [0, 0.05) is 4.88 Å². The van der Waals surface area contributed by atoms with Gasteiger partial charge in [-0.15, -0.1) is 11.3 Å². The number of fused-ring (bicyclic) bond motifs is 1. The van der Waals surface area contributed by atoms with Crippen LogP contribution in [0.15, 0.2) is 35.4 Å². The van der Waals surface area contributed by atoms with Crippen LogP contribution in [0.1, 0.15) is 38.5 Å². The first kappa shape index (κ1) is 16.6. The predicted molar refractivity (Wildman–Crippen MR) is 89.1 cm³/mol. The molecule has 126 valence electrons. The number of hydrazone groups is 1. The van der Waals surface area contributed by atoms with Crippen LogP contribution in [-0.2, 0) is 12.8 Å². The molecule has 0 bridgehead atoms. The highest BCUT2D eigenvalue weighted by Gasteiger charge is 2.16. The number of hydrogen-bond acceptors (Lipinski definition) is 4. The number of aryl methyl sites for hydroxylation is 2. The number of benzene rings is 1. The van der Waals surface area contributed by atoms with E-state index in [2.05, 4.69) is 15.3 Å². The molecule has 4 nitrogen and oxygen atoms in total. The normalized spacial score (nSPS) is 14.0. The highest BCUT2D eigenvalue weighted by Crippen LogP contribution is 2.29. The van der Waals surface area contributed by atoms with Crippen molar-refractivity contribution in [2.75, 3.05) is 0 Å². The summed E-state index contributed by atoms with van der Waals surface area (Å²) in [7, 11) is 0. The first-order chi connectivity index (χ1) is 11.6. The molecule has 0 atom stereocenters. The van der Waals surface area contributed by atoms with E-state index in [1.165, 1.54) is 53.0 Å². The van der Waals surface area contributed by atoms with E-state index >= 15 is 0 Å². The lowest BCUT2D eigenvalue weighted by Crippen LogP contribution is -2.16. The van der Waals surface area contributed by atoms with Gasteiger partial charge in [0.2, 0.25) is 0 Å². The number of hydrogen-bond donors (Lipinski definition) is 1. The second kappa shape index (κ2) is 7.53. The molecule has 7 heteroatoms. The van der Waals surface area contributed by atoms with E-state index < -0.39 is 6.61 Å². The van der Waals surface area contributed by atoms with Crippen LogP contribution < -0.4 is 10.2 Å². The number of alkyl halides is 2. The summed E-state index contributed by atoms with van der Waals surface area (Å²) in [6.07, 6.45) is 5.89. The van der Waals surface area contributed by atoms with Gasteiger partial charge in [-0.05, 0) is 67.1 Å². The van der Waals surface area contributed by atoms with Crippen LogP contribution in [0.2, 0.25) is 0 Å². The molecule has 0 saturated heterocycles. The maximum Gasteiger partial charge on any atom is 0.387 e. The average Bonchev–Trinajstić information content (AvgIpc) is 3.00. The lowest BCUT2D eigenvalue weighted by atomic mass is 9.99. The molecule has 0 saturated carbocycles.